The van der Waals surface area contributed by atoms with E-state index in [4.69, 9.17) is 12.2 Å². The molecular formula is C19H27N3OS. The lowest BCUT2D eigenvalue weighted by molar-refractivity contribution is 0.0773. The Bertz CT molecular complexity index is 597. The fourth-order valence-electron chi connectivity index (χ4n) is 4.15. The molecule has 1 aromatic rings. The second-order valence-corrected chi connectivity index (χ2v) is 7.34. The highest BCUT2D eigenvalue weighted by Gasteiger charge is 2.39. The summed E-state index contributed by atoms with van der Waals surface area (Å²) in [6.07, 6.45) is 5.35. The Morgan fingerprint density at radius 2 is 1.88 bits per heavy atom. The van der Waals surface area contributed by atoms with E-state index in [9.17, 15) is 4.79 Å². The van der Waals surface area contributed by atoms with Crippen LogP contribution >= 0.6 is 12.2 Å². The first kappa shape index (κ1) is 17.2. The highest BCUT2D eigenvalue weighted by Crippen LogP contribution is 2.44. The van der Waals surface area contributed by atoms with Gasteiger partial charge in [-0.1, -0.05) is 6.42 Å². The Morgan fingerprint density at radius 1 is 1.17 bits per heavy atom. The average molecular weight is 346 g/mol. The monoisotopic (exact) mass is 345 g/mol. The molecule has 3 atom stereocenters. The normalized spacial score (nSPS) is 24.7. The second kappa shape index (κ2) is 7.51. The molecule has 0 saturated heterocycles. The molecular weight excluding hydrogens is 318 g/mol. The van der Waals surface area contributed by atoms with Crippen molar-refractivity contribution >= 4 is 28.9 Å². The molecule has 2 aliphatic carbocycles. The number of thiocarbonyl (C=S) groups is 1. The highest BCUT2D eigenvalue weighted by molar-refractivity contribution is 7.80. The predicted molar refractivity (Wildman–Crippen MR) is 102 cm³/mol. The summed E-state index contributed by atoms with van der Waals surface area (Å²) in [5.41, 5.74) is 1.64. The Labute approximate surface area is 150 Å². The largest absolute Gasteiger partial charge is 0.359 e. The van der Waals surface area contributed by atoms with Crippen LogP contribution < -0.4 is 10.6 Å². The standard InChI is InChI=1S/C19H27N3OS/c1-3-22(4-2)18(23)14-7-9-16(10-8-14)20-19(24)21-17-12-13-5-6-15(17)11-13/h7-10,13,15,17H,3-6,11-12H2,1-2H3,(H2,20,21,24). The van der Waals surface area contributed by atoms with Crippen LogP contribution in [0.25, 0.3) is 0 Å². The Balaban J connectivity index is 1.54. The van der Waals surface area contributed by atoms with E-state index < -0.39 is 0 Å². The summed E-state index contributed by atoms with van der Waals surface area (Å²) < 4.78 is 0. The Hall–Kier alpha value is -1.62. The van der Waals surface area contributed by atoms with Crippen molar-refractivity contribution in [1.82, 2.24) is 10.2 Å². The number of amides is 1. The molecule has 0 spiro atoms. The molecule has 2 fully saturated rings. The lowest BCUT2D eigenvalue weighted by atomic mass is 9.96. The SMILES string of the molecule is CCN(CC)C(=O)c1ccc(NC(=S)NC2CC3CCC2C3)cc1. The van der Waals surface area contributed by atoms with E-state index in [1.807, 2.05) is 43.0 Å². The third-order valence-electron chi connectivity index (χ3n) is 5.49. The lowest BCUT2D eigenvalue weighted by Crippen LogP contribution is -2.40. The quantitative estimate of drug-likeness (QED) is 0.800. The van der Waals surface area contributed by atoms with E-state index in [2.05, 4.69) is 10.6 Å². The minimum absolute atomic E-state index is 0.0780. The van der Waals surface area contributed by atoms with Crippen LogP contribution in [-0.4, -0.2) is 35.1 Å². The van der Waals surface area contributed by atoms with Gasteiger partial charge < -0.3 is 15.5 Å². The molecule has 0 radical (unpaired) electrons. The molecule has 130 valence electrons. The fraction of sp³-hybridized carbons (Fsp3) is 0.579. The van der Waals surface area contributed by atoms with E-state index in [1.165, 1.54) is 25.7 Å². The first-order valence-corrected chi connectivity index (χ1v) is 9.48. The summed E-state index contributed by atoms with van der Waals surface area (Å²) in [7, 11) is 0. The van der Waals surface area contributed by atoms with Crippen LogP contribution in [0, 0.1) is 11.8 Å². The maximum atomic E-state index is 12.3. The van der Waals surface area contributed by atoms with Crippen LogP contribution in [0.4, 0.5) is 5.69 Å². The molecule has 0 heterocycles. The molecule has 2 bridgehead atoms. The van der Waals surface area contributed by atoms with Gasteiger partial charge >= 0.3 is 0 Å². The van der Waals surface area contributed by atoms with Crippen LogP contribution in [0.3, 0.4) is 0 Å². The number of hydrogen-bond donors (Lipinski definition) is 2. The second-order valence-electron chi connectivity index (χ2n) is 6.93. The summed E-state index contributed by atoms with van der Waals surface area (Å²) in [6.45, 7) is 5.45. The van der Waals surface area contributed by atoms with Crippen molar-refractivity contribution in [3.8, 4) is 0 Å². The van der Waals surface area contributed by atoms with Crippen molar-refractivity contribution in [1.29, 1.82) is 0 Å². The molecule has 3 rings (SSSR count). The van der Waals surface area contributed by atoms with Gasteiger partial charge in [-0.05, 0) is 81.4 Å². The van der Waals surface area contributed by atoms with Gasteiger partial charge in [-0.3, -0.25) is 4.79 Å². The topological polar surface area (TPSA) is 44.4 Å². The Morgan fingerprint density at radius 3 is 2.42 bits per heavy atom. The average Bonchev–Trinajstić information content (AvgIpc) is 3.19. The molecule has 1 amide bonds. The maximum Gasteiger partial charge on any atom is 0.253 e. The predicted octanol–water partition coefficient (Wildman–Crippen LogP) is 3.64. The zero-order valence-corrected chi connectivity index (χ0v) is 15.4. The van der Waals surface area contributed by atoms with Gasteiger partial charge in [0.25, 0.3) is 5.91 Å². The van der Waals surface area contributed by atoms with Crippen LogP contribution in [0.15, 0.2) is 24.3 Å². The minimum Gasteiger partial charge on any atom is -0.359 e. The number of nitrogens with one attached hydrogen (secondary N) is 2. The zero-order chi connectivity index (χ0) is 17.1. The Kier molecular flexibility index (Phi) is 5.39. The fourth-order valence-corrected chi connectivity index (χ4v) is 4.42. The zero-order valence-electron chi connectivity index (χ0n) is 14.5. The molecule has 24 heavy (non-hydrogen) atoms. The van der Waals surface area contributed by atoms with Gasteiger partial charge in [-0.2, -0.15) is 0 Å². The number of carbonyl (C=O) groups excluding carboxylic acids is 1. The first-order chi connectivity index (χ1) is 11.6. The van der Waals surface area contributed by atoms with Crippen LogP contribution in [0.2, 0.25) is 0 Å². The molecule has 1 aromatic carbocycles. The number of nitrogens with zero attached hydrogens (tertiary/aromatic N) is 1. The van der Waals surface area contributed by atoms with Crippen LogP contribution in [0.1, 0.15) is 49.9 Å². The van der Waals surface area contributed by atoms with Gasteiger partial charge in [-0.25, -0.2) is 0 Å². The van der Waals surface area contributed by atoms with E-state index in [1.54, 1.807) is 0 Å². The van der Waals surface area contributed by atoms with Crippen molar-refractivity contribution in [3.63, 3.8) is 0 Å². The van der Waals surface area contributed by atoms with Crippen molar-refractivity contribution in [2.75, 3.05) is 18.4 Å². The third kappa shape index (κ3) is 3.72. The van der Waals surface area contributed by atoms with Gasteiger partial charge in [0.15, 0.2) is 5.11 Å². The van der Waals surface area contributed by atoms with E-state index in [0.29, 0.717) is 11.2 Å². The summed E-state index contributed by atoms with van der Waals surface area (Å²) in [5.74, 6) is 1.78. The maximum absolute atomic E-state index is 12.3. The highest BCUT2D eigenvalue weighted by atomic mass is 32.1. The molecule has 4 nitrogen and oxygen atoms in total. The van der Waals surface area contributed by atoms with E-state index in [-0.39, 0.29) is 5.91 Å². The molecule has 0 aromatic heterocycles. The molecule has 0 aliphatic heterocycles. The van der Waals surface area contributed by atoms with Gasteiger partial charge in [-0.15, -0.1) is 0 Å². The number of fused-ring (bicyclic) bond motifs is 2. The van der Waals surface area contributed by atoms with Gasteiger partial charge in [0, 0.05) is 30.4 Å². The van der Waals surface area contributed by atoms with Gasteiger partial charge in [0.2, 0.25) is 0 Å². The first-order valence-electron chi connectivity index (χ1n) is 9.07. The number of hydrogen-bond acceptors (Lipinski definition) is 2. The minimum atomic E-state index is 0.0780. The number of anilines is 1. The smallest absolute Gasteiger partial charge is 0.253 e. The van der Waals surface area contributed by atoms with E-state index in [0.717, 1.165) is 36.2 Å². The molecule has 2 N–H and O–H groups in total. The molecule has 3 unspecified atom stereocenters. The van der Waals surface area contributed by atoms with Crippen molar-refractivity contribution in [2.45, 2.75) is 45.6 Å². The van der Waals surface area contributed by atoms with Crippen molar-refractivity contribution in [2.24, 2.45) is 11.8 Å². The van der Waals surface area contributed by atoms with Crippen molar-refractivity contribution in [3.05, 3.63) is 29.8 Å². The summed E-state index contributed by atoms with van der Waals surface area (Å²) in [6, 6.07) is 8.11. The molecule has 5 heteroatoms. The third-order valence-corrected chi connectivity index (χ3v) is 5.71. The number of carbonyl (C=O) groups is 1. The summed E-state index contributed by atoms with van der Waals surface area (Å²) >= 11 is 5.45. The number of benzene rings is 1. The van der Waals surface area contributed by atoms with Crippen LogP contribution in [-0.2, 0) is 0 Å². The summed E-state index contributed by atoms with van der Waals surface area (Å²) in [4.78, 5) is 14.1. The molecule has 2 saturated carbocycles. The molecule has 2 aliphatic rings. The van der Waals surface area contributed by atoms with Crippen molar-refractivity contribution < 1.29 is 4.79 Å². The van der Waals surface area contributed by atoms with Gasteiger partial charge in [0.1, 0.15) is 0 Å². The summed E-state index contributed by atoms with van der Waals surface area (Å²) in [5, 5.41) is 7.42. The lowest BCUT2D eigenvalue weighted by Gasteiger charge is -2.24. The van der Waals surface area contributed by atoms with E-state index >= 15 is 0 Å². The van der Waals surface area contributed by atoms with Crippen LogP contribution in [0.5, 0.6) is 0 Å². The van der Waals surface area contributed by atoms with Gasteiger partial charge in [0.05, 0.1) is 0 Å². The number of rotatable bonds is 5.